The molecule has 1 aromatic carbocycles. The number of amides is 1. The quantitative estimate of drug-likeness (QED) is 0.829. The Morgan fingerprint density at radius 1 is 1.08 bits per heavy atom. The van der Waals surface area contributed by atoms with Gasteiger partial charge in [-0.2, -0.15) is 0 Å². The van der Waals surface area contributed by atoms with Crippen LogP contribution < -0.4 is 10.6 Å². The summed E-state index contributed by atoms with van der Waals surface area (Å²) < 4.78 is 0. The first-order valence-corrected chi connectivity index (χ1v) is 9.74. The highest BCUT2D eigenvalue weighted by Gasteiger charge is 2.29. The van der Waals surface area contributed by atoms with Gasteiger partial charge in [0, 0.05) is 30.3 Å². The van der Waals surface area contributed by atoms with Crippen LogP contribution in [0.3, 0.4) is 0 Å². The third kappa shape index (κ3) is 4.40. The lowest BCUT2D eigenvalue weighted by Gasteiger charge is -2.22. The van der Waals surface area contributed by atoms with Crippen LogP contribution >= 0.6 is 0 Å². The van der Waals surface area contributed by atoms with Gasteiger partial charge in [0.2, 0.25) is 11.9 Å². The molecule has 0 aliphatic heterocycles. The summed E-state index contributed by atoms with van der Waals surface area (Å²) in [7, 11) is 0. The first-order chi connectivity index (χ1) is 12.8. The van der Waals surface area contributed by atoms with Gasteiger partial charge in [0.1, 0.15) is 0 Å². The van der Waals surface area contributed by atoms with Crippen molar-refractivity contribution in [2.45, 2.75) is 57.5 Å². The van der Waals surface area contributed by atoms with Crippen LogP contribution in [-0.2, 0) is 11.3 Å². The molecule has 136 valence electrons. The molecule has 0 saturated heterocycles. The molecule has 5 heteroatoms. The van der Waals surface area contributed by atoms with Crippen molar-refractivity contribution in [2.24, 2.45) is 5.92 Å². The molecule has 2 N–H and O–H groups in total. The van der Waals surface area contributed by atoms with Gasteiger partial charge in [0.25, 0.3) is 0 Å². The number of carbonyl (C=O) groups excluding carboxylic acids is 1. The fourth-order valence-electron chi connectivity index (χ4n) is 3.54. The van der Waals surface area contributed by atoms with Gasteiger partial charge in [-0.1, -0.05) is 37.5 Å². The van der Waals surface area contributed by atoms with Crippen LogP contribution in [-0.4, -0.2) is 21.9 Å². The summed E-state index contributed by atoms with van der Waals surface area (Å²) in [5.41, 5.74) is 3.06. The summed E-state index contributed by atoms with van der Waals surface area (Å²) in [6, 6.07) is 10.6. The first-order valence-electron chi connectivity index (χ1n) is 9.74. The second kappa shape index (κ2) is 7.85. The van der Waals surface area contributed by atoms with E-state index in [1.807, 2.05) is 24.4 Å². The molecule has 0 unspecified atom stereocenters. The maximum atomic E-state index is 11.8. The summed E-state index contributed by atoms with van der Waals surface area (Å²) in [5, 5.41) is 6.51. The zero-order chi connectivity index (χ0) is 17.8. The van der Waals surface area contributed by atoms with E-state index >= 15 is 0 Å². The lowest BCUT2D eigenvalue weighted by atomic mass is 9.96. The topological polar surface area (TPSA) is 66.9 Å². The summed E-state index contributed by atoms with van der Waals surface area (Å²) in [4.78, 5) is 20.9. The normalized spacial score (nSPS) is 17.7. The third-order valence-electron chi connectivity index (χ3n) is 5.23. The van der Waals surface area contributed by atoms with Crippen molar-refractivity contribution in [3.63, 3.8) is 0 Å². The molecule has 1 heterocycles. The van der Waals surface area contributed by atoms with E-state index in [4.69, 9.17) is 4.98 Å². The second-order valence-electron chi connectivity index (χ2n) is 7.44. The molecular formula is C21H26N4O. The number of hydrogen-bond acceptors (Lipinski definition) is 4. The van der Waals surface area contributed by atoms with E-state index in [9.17, 15) is 4.79 Å². The third-order valence-corrected chi connectivity index (χ3v) is 5.23. The van der Waals surface area contributed by atoms with E-state index in [1.54, 1.807) is 0 Å². The lowest BCUT2D eigenvalue weighted by molar-refractivity contribution is -0.122. The Labute approximate surface area is 154 Å². The Morgan fingerprint density at radius 3 is 2.73 bits per heavy atom. The molecule has 5 nitrogen and oxygen atoms in total. The van der Waals surface area contributed by atoms with E-state index in [2.05, 4.69) is 27.8 Å². The van der Waals surface area contributed by atoms with Crippen LogP contribution in [0, 0.1) is 5.92 Å². The summed E-state index contributed by atoms with van der Waals surface area (Å²) >= 11 is 0. The molecule has 0 bridgehead atoms. The minimum absolute atomic E-state index is 0.177. The van der Waals surface area contributed by atoms with Crippen LogP contribution in [0.2, 0.25) is 0 Å². The van der Waals surface area contributed by atoms with Gasteiger partial charge in [0.05, 0.1) is 5.69 Å². The fourth-order valence-corrected chi connectivity index (χ4v) is 3.54. The SMILES string of the molecule is O=C(NCc1cccc(-c2ccnc(NC3CCCCC3)n2)c1)C1CC1. The van der Waals surface area contributed by atoms with Gasteiger partial charge >= 0.3 is 0 Å². The van der Waals surface area contributed by atoms with Crippen molar-refractivity contribution in [3.8, 4) is 11.3 Å². The van der Waals surface area contributed by atoms with E-state index < -0.39 is 0 Å². The molecular weight excluding hydrogens is 324 g/mol. The van der Waals surface area contributed by atoms with Crippen molar-refractivity contribution in [1.82, 2.24) is 15.3 Å². The highest BCUT2D eigenvalue weighted by Crippen LogP contribution is 2.29. The Balaban J connectivity index is 1.43. The van der Waals surface area contributed by atoms with Gasteiger partial charge < -0.3 is 10.6 Å². The minimum atomic E-state index is 0.177. The van der Waals surface area contributed by atoms with E-state index in [-0.39, 0.29) is 11.8 Å². The number of aromatic nitrogens is 2. The maximum Gasteiger partial charge on any atom is 0.223 e. The Bertz CT molecular complexity index is 766. The number of nitrogens with zero attached hydrogens (tertiary/aromatic N) is 2. The first kappa shape index (κ1) is 17.0. The van der Waals surface area contributed by atoms with E-state index in [0.717, 1.165) is 29.7 Å². The second-order valence-corrected chi connectivity index (χ2v) is 7.44. The molecule has 2 saturated carbocycles. The van der Waals surface area contributed by atoms with Crippen LogP contribution in [0.5, 0.6) is 0 Å². The summed E-state index contributed by atoms with van der Waals surface area (Å²) in [6.07, 6.45) is 10.2. The number of benzene rings is 1. The Morgan fingerprint density at radius 2 is 1.92 bits per heavy atom. The van der Waals surface area contributed by atoms with Gasteiger partial charge in [0.15, 0.2) is 0 Å². The van der Waals surface area contributed by atoms with Crippen molar-refractivity contribution in [2.75, 3.05) is 5.32 Å². The maximum absolute atomic E-state index is 11.8. The van der Waals surface area contributed by atoms with Gasteiger partial charge in [-0.25, -0.2) is 9.97 Å². The van der Waals surface area contributed by atoms with Crippen molar-refractivity contribution in [1.29, 1.82) is 0 Å². The zero-order valence-corrected chi connectivity index (χ0v) is 15.1. The molecule has 4 rings (SSSR count). The molecule has 26 heavy (non-hydrogen) atoms. The Hall–Kier alpha value is -2.43. The zero-order valence-electron chi connectivity index (χ0n) is 15.1. The fraction of sp³-hybridized carbons (Fsp3) is 0.476. The summed E-state index contributed by atoms with van der Waals surface area (Å²) in [5.74, 6) is 1.13. The molecule has 2 aromatic rings. The van der Waals surface area contributed by atoms with Crippen molar-refractivity contribution < 1.29 is 4.79 Å². The molecule has 2 aliphatic rings. The molecule has 2 fully saturated rings. The lowest BCUT2D eigenvalue weighted by Crippen LogP contribution is -2.24. The smallest absolute Gasteiger partial charge is 0.223 e. The molecule has 0 radical (unpaired) electrons. The highest BCUT2D eigenvalue weighted by molar-refractivity contribution is 5.80. The predicted octanol–water partition coefficient (Wildman–Crippen LogP) is 3.91. The van der Waals surface area contributed by atoms with Crippen molar-refractivity contribution in [3.05, 3.63) is 42.1 Å². The number of hydrogen-bond donors (Lipinski definition) is 2. The van der Waals surface area contributed by atoms with Gasteiger partial charge in [-0.05, 0) is 43.4 Å². The summed E-state index contributed by atoms with van der Waals surface area (Å²) in [6.45, 7) is 0.571. The number of nitrogens with one attached hydrogen (secondary N) is 2. The minimum Gasteiger partial charge on any atom is -0.352 e. The Kier molecular flexibility index (Phi) is 5.14. The van der Waals surface area contributed by atoms with E-state index in [1.165, 1.54) is 32.1 Å². The molecule has 2 aliphatic carbocycles. The average molecular weight is 350 g/mol. The van der Waals surface area contributed by atoms with Crippen LogP contribution in [0.15, 0.2) is 36.5 Å². The predicted molar refractivity (Wildman–Crippen MR) is 103 cm³/mol. The highest BCUT2D eigenvalue weighted by atomic mass is 16.2. The van der Waals surface area contributed by atoms with E-state index in [0.29, 0.717) is 18.5 Å². The molecule has 0 spiro atoms. The monoisotopic (exact) mass is 350 g/mol. The molecule has 1 aromatic heterocycles. The number of carbonyl (C=O) groups is 1. The molecule has 0 atom stereocenters. The van der Waals surface area contributed by atoms with Gasteiger partial charge in [-0.15, -0.1) is 0 Å². The van der Waals surface area contributed by atoms with Crippen LogP contribution in [0.4, 0.5) is 5.95 Å². The number of anilines is 1. The standard InChI is InChI=1S/C21H26N4O/c26-20(16-9-10-16)23-14-15-5-4-6-17(13-15)19-11-12-22-21(25-19)24-18-7-2-1-3-8-18/h4-6,11-13,16,18H,1-3,7-10,14H2,(H,23,26)(H,22,24,25). The van der Waals surface area contributed by atoms with Crippen LogP contribution in [0.1, 0.15) is 50.5 Å². The average Bonchev–Trinajstić information content (AvgIpc) is 3.53. The van der Waals surface area contributed by atoms with Crippen LogP contribution in [0.25, 0.3) is 11.3 Å². The van der Waals surface area contributed by atoms with Crippen molar-refractivity contribution >= 4 is 11.9 Å². The largest absolute Gasteiger partial charge is 0.352 e. The number of rotatable bonds is 6. The molecule has 1 amide bonds. The van der Waals surface area contributed by atoms with Gasteiger partial charge in [-0.3, -0.25) is 4.79 Å².